The van der Waals surface area contributed by atoms with Crippen LogP contribution in [0.15, 0.2) is 0 Å². The monoisotopic (exact) mass is 839 g/mol. The van der Waals surface area contributed by atoms with Gasteiger partial charge in [-0.15, -0.1) is 0 Å². The second-order valence-corrected chi connectivity index (χ2v) is 18.4. The molecule has 0 heterocycles. The predicted octanol–water partition coefficient (Wildman–Crippen LogP) is 17.5. The third-order valence-electron chi connectivity index (χ3n) is 12.2. The quantitative estimate of drug-likeness (QED) is 0.0571. The van der Waals surface area contributed by atoms with Crippen LogP contribution in [0.3, 0.4) is 0 Å². The molecule has 0 amide bonds. The molecule has 0 bridgehead atoms. The van der Waals surface area contributed by atoms with Gasteiger partial charge in [0.2, 0.25) is 0 Å². The highest BCUT2D eigenvalue weighted by Gasteiger charge is 2.19. The fraction of sp³-hybridized carbons (Fsp3) is 1.00. The molecular formula is C54H110O5. The molecule has 0 aliphatic rings. The molecule has 0 aliphatic heterocycles. The van der Waals surface area contributed by atoms with Gasteiger partial charge in [-0.3, -0.25) is 0 Å². The maximum atomic E-state index is 6.75. The molecule has 0 saturated heterocycles. The zero-order valence-corrected chi connectivity index (χ0v) is 41.1. The summed E-state index contributed by atoms with van der Waals surface area (Å²) in [4.78, 5) is 0. The van der Waals surface area contributed by atoms with Crippen molar-refractivity contribution >= 4 is 0 Å². The molecule has 0 fully saturated rings. The van der Waals surface area contributed by atoms with Crippen LogP contribution in [0, 0.1) is 0 Å². The first kappa shape index (κ1) is 58.8. The van der Waals surface area contributed by atoms with Gasteiger partial charge in [0.05, 0.1) is 26.4 Å². The molecule has 5 nitrogen and oxygen atoms in total. The molecule has 59 heavy (non-hydrogen) atoms. The van der Waals surface area contributed by atoms with Gasteiger partial charge in [0.15, 0.2) is 0 Å². The lowest BCUT2D eigenvalue weighted by Crippen LogP contribution is -2.36. The van der Waals surface area contributed by atoms with Crippen LogP contribution in [0.2, 0.25) is 0 Å². The molecule has 356 valence electrons. The Labute approximate surface area is 372 Å². The summed E-state index contributed by atoms with van der Waals surface area (Å²) in [5, 5.41) is 0. The Kier molecular flexibility index (Phi) is 53.8. The number of ether oxygens (including phenoxy) is 5. The molecule has 0 spiro atoms. The summed E-state index contributed by atoms with van der Waals surface area (Å²) in [5.74, 6) is 0. The normalized spacial score (nSPS) is 11.9. The van der Waals surface area contributed by atoms with Crippen molar-refractivity contribution in [2.45, 2.75) is 297 Å². The van der Waals surface area contributed by atoms with Gasteiger partial charge in [-0.1, -0.05) is 259 Å². The zero-order valence-electron chi connectivity index (χ0n) is 41.1. The highest BCUT2D eigenvalue weighted by molar-refractivity contribution is 4.65. The highest BCUT2D eigenvalue weighted by Crippen LogP contribution is 2.15. The summed E-state index contributed by atoms with van der Waals surface area (Å²) in [6.07, 6.45) is 53.6. The van der Waals surface area contributed by atoms with Gasteiger partial charge in [0.1, 0.15) is 12.2 Å². The molecule has 0 radical (unpaired) electrons. The van der Waals surface area contributed by atoms with Crippen molar-refractivity contribution in [2.24, 2.45) is 0 Å². The lowest BCUT2D eigenvalue weighted by atomic mass is 10.1. The van der Waals surface area contributed by atoms with Crippen LogP contribution >= 0.6 is 0 Å². The van der Waals surface area contributed by atoms with Gasteiger partial charge >= 0.3 is 0 Å². The molecule has 0 unspecified atom stereocenters. The fourth-order valence-corrected chi connectivity index (χ4v) is 8.15. The van der Waals surface area contributed by atoms with E-state index in [1.54, 1.807) is 0 Å². The Bertz CT molecular complexity index is 605. The SMILES string of the molecule is CCCCCCCCCCCCOCC(COCCCCCCCCCCCC)OC(COCCCCCCCCCCCC)COCCCCCCCCCCCC. The van der Waals surface area contributed by atoms with E-state index in [-0.39, 0.29) is 12.2 Å². The summed E-state index contributed by atoms with van der Waals surface area (Å²) < 4.78 is 31.8. The van der Waals surface area contributed by atoms with E-state index in [4.69, 9.17) is 23.7 Å². The maximum Gasteiger partial charge on any atom is 0.105 e. The maximum absolute atomic E-state index is 6.75. The van der Waals surface area contributed by atoms with E-state index < -0.39 is 0 Å². The molecule has 0 aromatic rings. The van der Waals surface area contributed by atoms with E-state index in [1.165, 1.54) is 231 Å². The lowest BCUT2D eigenvalue weighted by Gasteiger charge is -2.25. The Morgan fingerprint density at radius 2 is 0.356 bits per heavy atom. The summed E-state index contributed by atoms with van der Waals surface area (Å²) in [7, 11) is 0. The van der Waals surface area contributed by atoms with Crippen molar-refractivity contribution in [3.05, 3.63) is 0 Å². The fourth-order valence-electron chi connectivity index (χ4n) is 8.15. The van der Waals surface area contributed by atoms with Crippen LogP contribution in [0.5, 0.6) is 0 Å². The van der Waals surface area contributed by atoms with E-state index in [1.807, 2.05) is 0 Å². The largest absolute Gasteiger partial charge is 0.379 e. The number of hydrogen-bond donors (Lipinski definition) is 0. The average molecular weight is 839 g/mol. The minimum absolute atomic E-state index is 0.0897. The van der Waals surface area contributed by atoms with Crippen LogP contribution in [-0.4, -0.2) is 65.1 Å². The van der Waals surface area contributed by atoms with Crippen molar-refractivity contribution in [1.29, 1.82) is 0 Å². The first-order valence-electron chi connectivity index (χ1n) is 27.2. The Hall–Kier alpha value is -0.200. The van der Waals surface area contributed by atoms with Crippen LogP contribution in [0.4, 0.5) is 0 Å². The summed E-state index contributed by atoms with van der Waals surface area (Å²) >= 11 is 0. The van der Waals surface area contributed by atoms with Gasteiger partial charge in [-0.05, 0) is 25.7 Å². The van der Waals surface area contributed by atoms with E-state index in [2.05, 4.69) is 27.7 Å². The summed E-state index contributed by atoms with van der Waals surface area (Å²) in [5.41, 5.74) is 0. The van der Waals surface area contributed by atoms with Gasteiger partial charge in [-0.25, -0.2) is 0 Å². The Morgan fingerprint density at radius 1 is 0.203 bits per heavy atom. The second kappa shape index (κ2) is 53.9. The van der Waals surface area contributed by atoms with Gasteiger partial charge in [0.25, 0.3) is 0 Å². The van der Waals surface area contributed by atoms with Crippen LogP contribution in [-0.2, 0) is 23.7 Å². The number of rotatable bonds is 54. The van der Waals surface area contributed by atoms with Gasteiger partial charge in [-0.2, -0.15) is 0 Å². The van der Waals surface area contributed by atoms with Crippen LogP contribution < -0.4 is 0 Å². The molecule has 5 heteroatoms. The topological polar surface area (TPSA) is 46.2 Å². The minimum atomic E-state index is -0.0897. The molecular weight excluding hydrogens is 729 g/mol. The third kappa shape index (κ3) is 50.3. The number of hydrogen-bond acceptors (Lipinski definition) is 5. The van der Waals surface area contributed by atoms with E-state index >= 15 is 0 Å². The molecule has 0 rings (SSSR count). The van der Waals surface area contributed by atoms with Crippen LogP contribution in [0.25, 0.3) is 0 Å². The molecule has 0 aliphatic carbocycles. The highest BCUT2D eigenvalue weighted by atomic mass is 16.6. The summed E-state index contributed by atoms with van der Waals surface area (Å²) in [6, 6.07) is 0. The lowest BCUT2D eigenvalue weighted by molar-refractivity contribution is -0.131. The third-order valence-corrected chi connectivity index (χ3v) is 12.2. The zero-order chi connectivity index (χ0) is 42.6. The van der Waals surface area contributed by atoms with Crippen molar-refractivity contribution in [3.8, 4) is 0 Å². The summed E-state index contributed by atoms with van der Waals surface area (Å²) in [6.45, 7) is 14.8. The Morgan fingerprint density at radius 3 is 0.525 bits per heavy atom. The van der Waals surface area contributed by atoms with E-state index in [9.17, 15) is 0 Å². The smallest absolute Gasteiger partial charge is 0.105 e. The van der Waals surface area contributed by atoms with Crippen molar-refractivity contribution in [3.63, 3.8) is 0 Å². The average Bonchev–Trinajstić information content (AvgIpc) is 3.24. The molecule has 0 atom stereocenters. The Balaban J connectivity index is 4.80. The molecule has 0 saturated carbocycles. The molecule has 0 aromatic heterocycles. The van der Waals surface area contributed by atoms with Crippen molar-refractivity contribution < 1.29 is 23.7 Å². The second-order valence-electron chi connectivity index (χ2n) is 18.4. The van der Waals surface area contributed by atoms with Gasteiger partial charge < -0.3 is 23.7 Å². The first-order valence-corrected chi connectivity index (χ1v) is 27.2. The molecule has 0 N–H and O–H groups in total. The number of unbranched alkanes of at least 4 members (excludes halogenated alkanes) is 36. The van der Waals surface area contributed by atoms with Crippen molar-refractivity contribution in [1.82, 2.24) is 0 Å². The van der Waals surface area contributed by atoms with Crippen molar-refractivity contribution in [2.75, 3.05) is 52.9 Å². The first-order chi connectivity index (χ1) is 29.3. The van der Waals surface area contributed by atoms with E-state index in [0.29, 0.717) is 26.4 Å². The standard InChI is InChI=1S/C54H110O5/c1-5-9-13-17-21-25-29-33-37-41-45-55-49-53(50-56-46-42-38-34-30-26-22-18-14-10-6-2)59-54(51-57-47-43-39-35-31-27-23-19-15-11-7-3)52-58-48-44-40-36-32-28-24-20-16-12-8-4/h53-54H,5-52H2,1-4H3. The minimum Gasteiger partial charge on any atom is -0.379 e. The molecule has 0 aromatic carbocycles. The predicted molar refractivity (Wildman–Crippen MR) is 259 cm³/mol. The van der Waals surface area contributed by atoms with Gasteiger partial charge in [0, 0.05) is 26.4 Å². The van der Waals surface area contributed by atoms with E-state index in [0.717, 1.165) is 52.1 Å². The van der Waals surface area contributed by atoms with Crippen LogP contribution in [0.1, 0.15) is 285 Å².